The summed E-state index contributed by atoms with van der Waals surface area (Å²) in [4.78, 5) is 58.5. The number of phenolic OH excluding ortho intramolecular Hbond substituents is 1. The number of carbonyl (C=O) groups is 5. The molecule has 3 unspecified atom stereocenters. The van der Waals surface area contributed by atoms with E-state index in [0.717, 1.165) is 0 Å². The minimum atomic E-state index is -1.43. The van der Waals surface area contributed by atoms with Crippen LogP contribution in [0.1, 0.15) is 18.4 Å². The summed E-state index contributed by atoms with van der Waals surface area (Å²) in [6.07, 6.45) is -0.767. The fourth-order valence-electron chi connectivity index (χ4n) is 2.50. The van der Waals surface area contributed by atoms with Crippen molar-refractivity contribution in [2.24, 2.45) is 5.73 Å². The Kier molecular flexibility index (Phi) is 11.0. The predicted octanol–water partition coefficient (Wildman–Crippen LogP) is -1.77. The Morgan fingerprint density at radius 1 is 0.969 bits per heavy atom. The van der Waals surface area contributed by atoms with Gasteiger partial charge in [0.05, 0.1) is 12.6 Å². The Morgan fingerprint density at radius 2 is 1.59 bits per heavy atom. The molecule has 12 nitrogen and oxygen atoms in total. The third kappa shape index (κ3) is 9.66. The Morgan fingerprint density at radius 3 is 2.12 bits per heavy atom. The van der Waals surface area contributed by atoms with E-state index in [1.54, 1.807) is 12.1 Å². The van der Waals surface area contributed by atoms with Crippen molar-refractivity contribution < 1.29 is 39.3 Å². The van der Waals surface area contributed by atoms with Gasteiger partial charge in [0.2, 0.25) is 17.7 Å². The van der Waals surface area contributed by atoms with Crippen molar-refractivity contribution in [3.05, 3.63) is 29.8 Å². The van der Waals surface area contributed by atoms with Crippen LogP contribution in [0.3, 0.4) is 0 Å². The molecule has 3 amide bonds. The molecule has 176 valence electrons. The average molecular weight is 471 g/mol. The zero-order valence-electron chi connectivity index (χ0n) is 17.0. The SMILES string of the molecule is NC(CS)C(=O)NC(Cc1ccc(O)cc1)C(=O)NCC(=O)NC(CCC(=O)O)C(=O)O. The van der Waals surface area contributed by atoms with Gasteiger partial charge in [0.15, 0.2) is 0 Å². The lowest BCUT2D eigenvalue weighted by Gasteiger charge is -2.21. The second-order valence-electron chi connectivity index (χ2n) is 6.83. The molecule has 0 aliphatic carbocycles. The lowest BCUT2D eigenvalue weighted by atomic mass is 10.0. The second-order valence-corrected chi connectivity index (χ2v) is 7.19. The maximum Gasteiger partial charge on any atom is 0.326 e. The second kappa shape index (κ2) is 13.2. The molecule has 13 heteroatoms. The molecule has 0 spiro atoms. The van der Waals surface area contributed by atoms with Crippen molar-refractivity contribution in [3.63, 3.8) is 0 Å². The summed E-state index contributed by atoms with van der Waals surface area (Å²) < 4.78 is 0. The maximum absolute atomic E-state index is 12.6. The van der Waals surface area contributed by atoms with Gasteiger partial charge in [0.1, 0.15) is 17.8 Å². The number of hydrogen-bond acceptors (Lipinski definition) is 8. The molecule has 0 saturated heterocycles. The molecule has 0 saturated carbocycles. The Balaban J connectivity index is 2.77. The summed E-state index contributed by atoms with van der Waals surface area (Å²) >= 11 is 3.93. The highest BCUT2D eigenvalue weighted by atomic mass is 32.1. The highest BCUT2D eigenvalue weighted by molar-refractivity contribution is 7.80. The molecule has 0 aliphatic heterocycles. The lowest BCUT2D eigenvalue weighted by Crippen LogP contribution is -2.54. The van der Waals surface area contributed by atoms with Gasteiger partial charge >= 0.3 is 11.9 Å². The molecule has 1 aromatic carbocycles. The van der Waals surface area contributed by atoms with Crippen molar-refractivity contribution in [1.82, 2.24) is 16.0 Å². The van der Waals surface area contributed by atoms with Crippen LogP contribution >= 0.6 is 12.6 Å². The van der Waals surface area contributed by atoms with Crippen molar-refractivity contribution >= 4 is 42.3 Å². The first kappa shape index (κ1) is 26.7. The monoisotopic (exact) mass is 470 g/mol. The minimum Gasteiger partial charge on any atom is -0.508 e. The summed E-state index contributed by atoms with van der Waals surface area (Å²) in [6, 6.07) is 2.39. The van der Waals surface area contributed by atoms with Gasteiger partial charge in [-0.25, -0.2) is 4.79 Å². The van der Waals surface area contributed by atoms with Crippen molar-refractivity contribution in [2.75, 3.05) is 12.3 Å². The van der Waals surface area contributed by atoms with E-state index in [1.165, 1.54) is 12.1 Å². The smallest absolute Gasteiger partial charge is 0.326 e. The topological polar surface area (TPSA) is 208 Å². The fourth-order valence-corrected chi connectivity index (χ4v) is 2.67. The lowest BCUT2D eigenvalue weighted by molar-refractivity contribution is -0.143. The third-order valence-electron chi connectivity index (χ3n) is 4.25. The summed E-state index contributed by atoms with van der Waals surface area (Å²) in [7, 11) is 0. The van der Waals surface area contributed by atoms with Crippen LogP contribution in [0.2, 0.25) is 0 Å². The molecule has 0 aromatic heterocycles. The largest absolute Gasteiger partial charge is 0.508 e. The number of phenols is 1. The normalized spacial score (nSPS) is 13.3. The van der Waals surface area contributed by atoms with E-state index in [0.29, 0.717) is 5.56 Å². The zero-order chi connectivity index (χ0) is 24.3. The molecule has 32 heavy (non-hydrogen) atoms. The Bertz CT molecular complexity index is 833. The number of hydrogen-bond donors (Lipinski definition) is 8. The number of nitrogens with one attached hydrogen (secondary N) is 3. The van der Waals surface area contributed by atoms with E-state index in [9.17, 15) is 29.1 Å². The quantitative estimate of drug-likeness (QED) is 0.153. The van der Waals surface area contributed by atoms with Crippen molar-refractivity contribution in [2.45, 2.75) is 37.4 Å². The van der Waals surface area contributed by atoms with Crippen LogP contribution in [0.25, 0.3) is 0 Å². The van der Waals surface area contributed by atoms with Crippen LogP contribution in [-0.4, -0.2) is 75.4 Å². The van der Waals surface area contributed by atoms with Crippen LogP contribution < -0.4 is 21.7 Å². The highest BCUT2D eigenvalue weighted by Crippen LogP contribution is 2.11. The molecule has 1 aromatic rings. The van der Waals surface area contributed by atoms with Crippen LogP contribution in [0.5, 0.6) is 5.75 Å². The number of nitrogens with two attached hydrogens (primary N) is 1. The van der Waals surface area contributed by atoms with Crippen LogP contribution in [0.15, 0.2) is 24.3 Å². The molecule has 0 fully saturated rings. The number of amides is 3. The van der Waals surface area contributed by atoms with Crippen LogP contribution in [-0.2, 0) is 30.4 Å². The van der Waals surface area contributed by atoms with Gasteiger partial charge in [-0.15, -0.1) is 0 Å². The van der Waals surface area contributed by atoms with Crippen molar-refractivity contribution in [3.8, 4) is 5.75 Å². The predicted molar refractivity (Wildman–Crippen MR) is 115 cm³/mol. The number of benzene rings is 1. The number of carbonyl (C=O) groups excluding carboxylic acids is 3. The number of aliphatic carboxylic acids is 2. The average Bonchev–Trinajstić information content (AvgIpc) is 2.74. The van der Waals surface area contributed by atoms with Gasteiger partial charge in [-0.3, -0.25) is 19.2 Å². The maximum atomic E-state index is 12.6. The van der Waals surface area contributed by atoms with Crippen LogP contribution in [0, 0.1) is 0 Å². The van der Waals surface area contributed by atoms with Crippen molar-refractivity contribution in [1.29, 1.82) is 0 Å². The summed E-state index contributed by atoms with van der Waals surface area (Å²) in [5.41, 5.74) is 6.22. The number of carboxylic acid groups (broad SMARTS) is 2. The first-order valence-corrected chi connectivity index (χ1v) is 10.1. The van der Waals surface area contributed by atoms with E-state index >= 15 is 0 Å². The summed E-state index contributed by atoms with van der Waals surface area (Å²) in [5, 5.41) is 34.0. The molecular formula is C19H26N4O8S. The summed E-state index contributed by atoms with van der Waals surface area (Å²) in [5.74, 6) is -4.79. The van der Waals surface area contributed by atoms with E-state index < -0.39 is 60.8 Å². The highest BCUT2D eigenvalue weighted by Gasteiger charge is 2.25. The number of thiol groups is 1. The standard InChI is InChI=1S/C19H26N4O8S/c20-12(9-32)17(28)23-14(7-10-1-3-11(24)4-2-10)18(29)21-8-15(25)22-13(19(30)31)5-6-16(26)27/h1-4,12-14,24,32H,5-9,20H2,(H,21,29)(H,22,25)(H,23,28)(H,26,27)(H,30,31). The van der Waals surface area contributed by atoms with E-state index in [4.69, 9.17) is 15.9 Å². The zero-order valence-corrected chi connectivity index (χ0v) is 17.9. The fraction of sp³-hybridized carbons (Fsp3) is 0.421. The summed E-state index contributed by atoms with van der Waals surface area (Å²) in [6.45, 7) is -0.601. The first-order chi connectivity index (χ1) is 15.0. The number of rotatable bonds is 13. The van der Waals surface area contributed by atoms with Gasteiger partial charge in [-0.2, -0.15) is 12.6 Å². The van der Waals surface area contributed by atoms with Gasteiger partial charge in [0, 0.05) is 18.6 Å². The van der Waals surface area contributed by atoms with E-state index in [2.05, 4.69) is 28.6 Å². The number of carboxylic acids is 2. The molecule has 1 rings (SSSR count). The minimum absolute atomic E-state index is 0.0171. The molecular weight excluding hydrogens is 444 g/mol. The molecule has 0 bridgehead atoms. The van der Waals surface area contributed by atoms with E-state index in [1.807, 2.05) is 0 Å². The molecule has 0 heterocycles. The van der Waals surface area contributed by atoms with E-state index in [-0.39, 0.29) is 24.3 Å². The molecule has 0 aliphatic rings. The van der Waals surface area contributed by atoms with Gasteiger partial charge in [0.25, 0.3) is 0 Å². The van der Waals surface area contributed by atoms with Gasteiger partial charge < -0.3 is 37.0 Å². The van der Waals surface area contributed by atoms with Gasteiger partial charge in [-0.05, 0) is 24.1 Å². The van der Waals surface area contributed by atoms with Gasteiger partial charge in [-0.1, -0.05) is 12.1 Å². The molecule has 0 radical (unpaired) electrons. The Labute approximate surface area is 189 Å². The Hall–Kier alpha value is -3.32. The number of aromatic hydroxyl groups is 1. The third-order valence-corrected chi connectivity index (χ3v) is 4.64. The first-order valence-electron chi connectivity index (χ1n) is 9.49. The van der Waals surface area contributed by atoms with Crippen LogP contribution in [0.4, 0.5) is 0 Å². The molecule has 3 atom stereocenters. The molecule has 8 N–H and O–H groups in total.